The lowest BCUT2D eigenvalue weighted by Crippen LogP contribution is -2.05. The van der Waals surface area contributed by atoms with Crippen molar-refractivity contribution in [2.45, 2.75) is 13.8 Å². The van der Waals surface area contributed by atoms with Crippen LogP contribution in [0.3, 0.4) is 0 Å². The number of benzene rings is 1. The van der Waals surface area contributed by atoms with Crippen LogP contribution in [-0.4, -0.2) is 17.6 Å². The molecule has 0 fully saturated rings. The third-order valence-corrected chi connectivity index (χ3v) is 1.85. The molecule has 0 aliphatic heterocycles. The third kappa shape index (κ3) is 3.45. The number of aliphatic hydroxyl groups is 1. The van der Waals surface area contributed by atoms with Gasteiger partial charge in [0.05, 0.1) is 0 Å². The number of aryl methyl sites for hydroxylation is 1. The minimum absolute atomic E-state index is 0.0939. The molecule has 1 rings (SSSR count). The minimum Gasteiger partial charge on any atom is -0.384 e. The number of hydrogen-bond acceptors (Lipinski definition) is 2. The van der Waals surface area contributed by atoms with Crippen molar-refractivity contribution in [1.29, 1.82) is 0 Å². The number of carbonyl (C=O) groups excluding carboxylic acids is 1. The summed E-state index contributed by atoms with van der Waals surface area (Å²) in [6, 6.07) is 5.46. The topological polar surface area (TPSA) is 49.3 Å². The molecule has 2 N–H and O–H groups in total. The van der Waals surface area contributed by atoms with E-state index in [0.29, 0.717) is 0 Å². The van der Waals surface area contributed by atoms with Gasteiger partial charge in [-0.3, -0.25) is 4.79 Å². The lowest BCUT2D eigenvalue weighted by molar-refractivity contribution is -0.114. The second-order valence-electron chi connectivity index (χ2n) is 3.17. The molecule has 0 aliphatic rings. The monoisotopic (exact) mass is 203 g/mol. The van der Waals surface area contributed by atoms with Crippen LogP contribution in [-0.2, 0) is 4.79 Å². The summed E-state index contributed by atoms with van der Waals surface area (Å²) in [6.07, 6.45) is 0. The van der Waals surface area contributed by atoms with Gasteiger partial charge in [-0.05, 0) is 30.7 Å². The van der Waals surface area contributed by atoms with Gasteiger partial charge in [0, 0.05) is 18.2 Å². The Balaban J connectivity index is 2.92. The van der Waals surface area contributed by atoms with Crippen molar-refractivity contribution in [1.82, 2.24) is 0 Å². The molecule has 0 heterocycles. The summed E-state index contributed by atoms with van der Waals surface area (Å²) in [5, 5.41) is 11.3. The van der Waals surface area contributed by atoms with E-state index in [1.165, 1.54) is 6.92 Å². The molecule has 1 aromatic carbocycles. The van der Waals surface area contributed by atoms with Crippen LogP contribution in [0.5, 0.6) is 0 Å². The molecule has 0 unspecified atom stereocenters. The SMILES string of the molecule is CC(=O)Nc1ccc(C#CCO)c(C)c1. The quantitative estimate of drug-likeness (QED) is 0.676. The van der Waals surface area contributed by atoms with Crippen molar-refractivity contribution in [3.8, 4) is 11.8 Å². The highest BCUT2D eigenvalue weighted by Crippen LogP contribution is 2.14. The molecule has 1 aromatic rings. The molecule has 0 aromatic heterocycles. The Kier molecular flexibility index (Phi) is 3.90. The number of hydrogen-bond donors (Lipinski definition) is 2. The first-order valence-corrected chi connectivity index (χ1v) is 4.61. The number of anilines is 1. The van der Waals surface area contributed by atoms with Crippen molar-refractivity contribution < 1.29 is 9.90 Å². The van der Waals surface area contributed by atoms with Crippen molar-refractivity contribution in [3.05, 3.63) is 29.3 Å². The van der Waals surface area contributed by atoms with Gasteiger partial charge in [-0.1, -0.05) is 11.8 Å². The zero-order valence-corrected chi connectivity index (χ0v) is 8.79. The molecule has 3 nitrogen and oxygen atoms in total. The molecule has 0 aliphatic carbocycles. The van der Waals surface area contributed by atoms with E-state index in [0.717, 1.165) is 16.8 Å². The molecule has 0 radical (unpaired) electrons. The fraction of sp³-hybridized carbons (Fsp3) is 0.250. The average molecular weight is 203 g/mol. The van der Waals surface area contributed by atoms with E-state index < -0.39 is 0 Å². The lowest BCUT2D eigenvalue weighted by atomic mass is 10.1. The fourth-order valence-electron chi connectivity index (χ4n) is 1.22. The Hall–Kier alpha value is -1.79. The summed E-state index contributed by atoms with van der Waals surface area (Å²) in [5.41, 5.74) is 2.59. The summed E-state index contributed by atoms with van der Waals surface area (Å²) < 4.78 is 0. The summed E-state index contributed by atoms with van der Waals surface area (Å²) in [7, 11) is 0. The number of carbonyl (C=O) groups is 1. The lowest BCUT2D eigenvalue weighted by Gasteiger charge is -2.04. The highest BCUT2D eigenvalue weighted by Gasteiger charge is 1.98. The average Bonchev–Trinajstić information content (AvgIpc) is 2.15. The van der Waals surface area contributed by atoms with E-state index in [-0.39, 0.29) is 12.5 Å². The number of aliphatic hydroxyl groups excluding tert-OH is 1. The van der Waals surface area contributed by atoms with E-state index in [2.05, 4.69) is 17.2 Å². The zero-order chi connectivity index (χ0) is 11.3. The molecule has 0 atom stereocenters. The minimum atomic E-state index is -0.146. The number of amides is 1. The van der Waals surface area contributed by atoms with Crippen molar-refractivity contribution in [2.24, 2.45) is 0 Å². The molecule has 0 bridgehead atoms. The first-order valence-electron chi connectivity index (χ1n) is 4.61. The largest absolute Gasteiger partial charge is 0.384 e. The second kappa shape index (κ2) is 5.18. The van der Waals surface area contributed by atoms with E-state index in [1.807, 2.05) is 19.1 Å². The molecule has 15 heavy (non-hydrogen) atoms. The molecule has 0 spiro atoms. The van der Waals surface area contributed by atoms with Crippen molar-refractivity contribution >= 4 is 11.6 Å². The van der Waals surface area contributed by atoms with Crippen molar-refractivity contribution in [2.75, 3.05) is 11.9 Å². The molecule has 0 saturated carbocycles. The molecule has 0 saturated heterocycles. The number of nitrogens with one attached hydrogen (secondary N) is 1. The van der Waals surface area contributed by atoms with Gasteiger partial charge in [0.25, 0.3) is 0 Å². The van der Waals surface area contributed by atoms with Crippen LogP contribution in [0, 0.1) is 18.8 Å². The van der Waals surface area contributed by atoms with Gasteiger partial charge < -0.3 is 10.4 Å². The van der Waals surface area contributed by atoms with Crippen LogP contribution in [0.15, 0.2) is 18.2 Å². The van der Waals surface area contributed by atoms with Crippen LogP contribution in [0.1, 0.15) is 18.1 Å². The Bertz CT molecular complexity index is 427. The maximum Gasteiger partial charge on any atom is 0.221 e. The Morgan fingerprint density at radius 1 is 1.53 bits per heavy atom. The molecule has 78 valence electrons. The van der Waals surface area contributed by atoms with Crippen LogP contribution < -0.4 is 5.32 Å². The van der Waals surface area contributed by atoms with Crippen LogP contribution in [0.2, 0.25) is 0 Å². The summed E-state index contributed by atoms with van der Waals surface area (Å²) in [6.45, 7) is 3.23. The standard InChI is InChI=1S/C12H13NO2/c1-9-8-12(13-10(2)15)6-5-11(9)4-3-7-14/h5-6,8,14H,7H2,1-2H3,(H,13,15). The maximum atomic E-state index is 10.8. The van der Waals surface area contributed by atoms with Gasteiger partial charge in [-0.25, -0.2) is 0 Å². The van der Waals surface area contributed by atoms with E-state index >= 15 is 0 Å². The summed E-state index contributed by atoms with van der Waals surface area (Å²) >= 11 is 0. The van der Waals surface area contributed by atoms with E-state index in [4.69, 9.17) is 5.11 Å². The smallest absolute Gasteiger partial charge is 0.221 e. The van der Waals surface area contributed by atoms with E-state index in [9.17, 15) is 4.79 Å². The first kappa shape index (κ1) is 11.3. The highest BCUT2D eigenvalue weighted by atomic mass is 16.2. The van der Waals surface area contributed by atoms with Crippen LogP contribution in [0.4, 0.5) is 5.69 Å². The van der Waals surface area contributed by atoms with Gasteiger partial charge in [-0.15, -0.1) is 0 Å². The Morgan fingerprint density at radius 3 is 2.80 bits per heavy atom. The molecular weight excluding hydrogens is 190 g/mol. The summed E-state index contributed by atoms with van der Waals surface area (Å²) in [5.74, 6) is 5.32. The zero-order valence-electron chi connectivity index (χ0n) is 8.79. The normalized spacial score (nSPS) is 9.00. The van der Waals surface area contributed by atoms with Crippen molar-refractivity contribution in [3.63, 3.8) is 0 Å². The van der Waals surface area contributed by atoms with Crippen LogP contribution >= 0.6 is 0 Å². The predicted octanol–water partition coefficient (Wildman–Crippen LogP) is 1.30. The number of rotatable bonds is 1. The first-order chi connectivity index (χ1) is 7.13. The molecular formula is C12H13NO2. The predicted molar refractivity (Wildman–Crippen MR) is 59.4 cm³/mol. The van der Waals surface area contributed by atoms with Gasteiger partial charge in [-0.2, -0.15) is 0 Å². The Labute approximate surface area is 89.1 Å². The Morgan fingerprint density at radius 2 is 2.27 bits per heavy atom. The van der Waals surface area contributed by atoms with Gasteiger partial charge in [0.15, 0.2) is 0 Å². The molecule has 3 heteroatoms. The van der Waals surface area contributed by atoms with Gasteiger partial charge in [0.2, 0.25) is 5.91 Å². The van der Waals surface area contributed by atoms with Gasteiger partial charge >= 0.3 is 0 Å². The van der Waals surface area contributed by atoms with Gasteiger partial charge in [0.1, 0.15) is 6.61 Å². The summed E-state index contributed by atoms with van der Waals surface area (Å²) in [4.78, 5) is 10.8. The fourth-order valence-corrected chi connectivity index (χ4v) is 1.22. The highest BCUT2D eigenvalue weighted by molar-refractivity contribution is 5.88. The van der Waals surface area contributed by atoms with E-state index in [1.54, 1.807) is 6.07 Å². The second-order valence-corrected chi connectivity index (χ2v) is 3.17. The maximum absolute atomic E-state index is 10.8. The molecule has 1 amide bonds. The third-order valence-electron chi connectivity index (χ3n) is 1.85. The van der Waals surface area contributed by atoms with Crippen LogP contribution in [0.25, 0.3) is 0 Å².